The van der Waals surface area contributed by atoms with E-state index in [1.165, 1.54) is 23.8 Å². The van der Waals surface area contributed by atoms with E-state index in [-0.39, 0.29) is 12.1 Å². The third-order valence-electron chi connectivity index (χ3n) is 7.03. The predicted molar refractivity (Wildman–Crippen MR) is 142 cm³/mol. The smallest absolute Gasteiger partial charge is 0.303 e. The fourth-order valence-corrected chi connectivity index (χ4v) is 5.01. The average Bonchev–Trinajstić information content (AvgIpc) is 3.34. The fourth-order valence-electron chi connectivity index (χ4n) is 5.01. The molecule has 4 aromatic rings. The van der Waals surface area contributed by atoms with Gasteiger partial charge in [-0.1, -0.05) is 30.3 Å². The van der Waals surface area contributed by atoms with Gasteiger partial charge in [0.1, 0.15) is 23.0 Å². The normalized spacial score (nSPS) is 17.0. The number of aromatic nitrogens is 2. The fraction of sp³-hybridized carbons (Fsp3) is 0.300. The Hall–Kier alpha value is -3.91. The number of hydrogen-bond acceptors (Lipinski definition) is 4. The molecule has 2 aromatic carbocycles. The minimum absolute atomic E-state index is 0.0926. The first-order chi connectivity index (χ1) is 18.4. The van der Waals surface area contributed by atoms with E-state index >= 15 is 0 Å². The zero-order valence-corrected chi connectivity index (χ0v) is 21.2. The van der Waals surface area contributed by atoms with Crippen LogP contribution in [0.2, 0.25) is 0 Å². The first kappa shape index (κ1) is 27.1. The topological polar surface area (TPSA) is 83.7 Å². The Labute approximate surface area is 220 Å². The van der Waals surface area contributed by atoms with E-state index in [1.54, 1.807) is 13.2 Å². The van der Waals surface area contributed by atoms with Crippen molar-refractivity contribution < 1.29 is 23.5 Å². The lowest BCUT2D eigenvalue weighted by molar-refractivity contribution is -0.138. The molecule has 0 radical (unpaired) electrons. The lowest BCUT2D eigenvalue weighted by Gasteiger charge is -2.28. The largest absolute Gasteiger partial charge is 0.481 e. The summed E-state index contributed by atoms with van der Waals surface area (Å²) in [6.07, 6.45) is 8.89. The molecule has 2 N–H and O–H groups in total. The second-order valence-electron chi connectivity index (χ2n) is 9.63. The van der Waals surface area contributed by atoms with Gasteiger partial charge in [-0.3, -0.25) is 9.59 Å². The van der Waals surface area contributed by atoms with Gasteiger partial charge in [0.15, 0.2) is 6.29 Å². The molecule has 0 atom stereocenters. The summed E-state index contributed by atoms with van der Waals surface area (Å²) in [4.78, 5) is 26.0. The molecule has 1 saturated carbocycles. The van der Waals surface area contributed by atoms with Crippen molar-refractivity contribution in [1.82, 2.24) is 14.7 Å². The van der Waals surface area contributed by atoms with Crippen molar-refractivity contribution in [2.45, 2.75) is 44.6 Å². The first-order valence-electron chi connectivity index (χ1n) is 12.7. The molecular formula is C30H31F2N3O3. The van der Waals surface area contributed by atoms with Gasteiger partial charge in [-0.15, -0.1) is 0 Å². The second-order valence-corrected chi connectivity index (χ2v) is 9.63. The van der Waals surface area contributed by atoms with E-state index in [2.05, 4.69) is 34.6 Å². The van der Waals surface area contributed by atoms with Gasteiger partial charge in [-0.05, 0) is 85.5 Å². The Morgan fingerprint density at radius 3 is 2.26 bits per heavy atom. The van der Waals surface area contributed by atoms with Crippen LogP contribution in [-0.4, -0.2) is 33.8 Å². The Kier molecular flexibility index (Phi) is 8.97. The van der Waals surface area contributed by atoms with Crippen LogP contribution >= 0.6 is 0 Å². The summed E-state index contributed by atoms with van der Waals surface area (Å²) in [5.74, 6) is -0.830. The van der Waals surface area contributed by atoms with Gasteiger partial charge in [-0.2, -0.15) is 0 Å². The first-order valence-corrected chi connectivity index (χ1v) is 12.7. The molecule has 2 heterocycles. The SMILES string of the molecule is CNCc1c(F)cccc1F.O=Cc1cn2cc(-c3ccc(C4CCC(CC(=O)O)CC4)cc3)ccc2n1. The molecule has 0 spiro atoms. The maximum atomic E-state index is 12.8. The number of aldehydes is 1. The Morgan fingerprint density at radius 1 is 1.00 bits per heavy atom. The third kappa shape index (κ3) is 6.69. The standard InChI is InChI=1S/C22H22N2O3.C8H9F2N/c25-14-20-13-24-12-19(9-10-21(24)23-20)18-7-5-17(6-8-18)16-3-1-15(2-4-16)11-22(26)27;1-11-5-6-7(9)3-2-4-8(6)10/h5-10,12-16H,1-4,11H2,(H,26,27);2-4,11H,5H2,1H3. The molecule has 0 unspecified atom stereocenters. The number of benzene rings is 2. The van der Waals surface area contributed by atoms with Crippen molar-refractivity contribution in [3.63, 3.8) is 0 Å². The zero-order valence-electron chi connectivity index (χ0n) is 21.2. The van der Waals surface area contributed by atoms with Crippen LogP contribution in [0.1, 0.15) is 59.6 Å². The molecule has 0 aliphatic heterocycles. The molecule has 38 heavy (non-hydrogen) atoms. The highest BCUT2D eigenvalue weighted by molar-refractivity contribution is 5.74. The van der Waals surface area contributed by atoms with Gasteiger partial charge in [0.2, 0.25) is 0 Å². The summed E-state index contributed by atoms with van der Waals surface area (Å²) < 4.78 is 27.4. The van der Waals surface area contributed by atoms with Crippen molar-refractivity contribution in [3.05, 3.63) is 95.4 Å². The zero-order chi connectivity index (χ0) is 27.1. The minimum Gasteiger partial charge on any atom is -0.481 e. The summed E-state index contributed by atoms with van der Waals surface area (Å²) in [7, 11) is 1.64. The highest BCUT2D eigenvalue weighted by Crippen LogP contribution is 2.37. The highest BCUT2D eigenvalue weighted by atomic mass is 19.1. The van der Waals surface area contributed by atoms with Crippen molar-refractivity contribution in [2.75, 3.05) is 7.05 Å². The lowest BCUT2D eigenvalue weighted by atomic mass is 9.77. The average molecular weight is 520 g/mol. The van der Waals surface area contributed by atoms with E-state index in [0.717, 1.165) is 48.7 Å². The number of rotatable bonds is 7. The van der Waals surface area contributed by atoms with Crippen LogP contribution in [0.4, 0.5) is 8.78 Å². The van der Waals surface area contributed by atoms with E-state index in [1.807, 2.05) is 22.7 Å². The predicted octanol–water partition coefficient (Wildman–Crippen LogP) is 6.25. The molecule has 1 aliphatic carbocycles. The summed E-state index contributed by atoms with van der Waals surface area (Å²) in [6.45, 7) is 0.221. The van der Waals surface area contributed by atoms with Crippen LogP contribution < -0.4 is 5.32 Å². The number of nitrogens with zero attached hydrogens (tertiary/aromatic N) is 2. The maximum absolute atomic E-state index is 12.8. The summed E-state index contributed by atoms with van der Waals surface area (Å²) in [6, 6.07) is 16.4. The van der Waals surface area contributed by atoms with E-state index in [9.17, 15) is 18.4 Å². The molecule has 6 nitrogen and oxygen atoms in total. The summed E-state index contributed by atoms with van der Waals surface area (Å²) >= 11 is 0. The van der Waals surface area contributed by atoms with Crippen LogP contribution in [0.25, 0.3) is 16.8 Å². The van der Waals surface area contributed by atoms with Crippen LogP contribution in [0.3, 0.4) is 0 Å². The number of fused-ring (bicyclic) bond motifs is 1. The molecule has 2 aromatic heterocycles. The van der Waals surface area contributed by atoms with Crippen molar-refractivity contribution in [2.24, 2.45) is 5.92 Å². The Balaban J connectivity index is 0.000000257. The van der Waals surface area contributed by atoms with Gasteiger partial charge in [0.25, 0.3) is 0 Å². The quantitative estimate of drug-likeness (QED) is 0.282. The third-order valence-corrected chi connectivity index (χ3v) is 7.03. The minimum atomic E-state index is -0.682. The number of hydrogen-bond donors (Lipinski definition) is 2. The number of halogens is 2. The molecule has 1 fully saturated rings. The number of pyridine rings is 1. The van der Waals surface area contributed by atoms with Crippen molar-refractivity contribution in [3.8, 4) is 11.1 Å². The van der Waals surface area contributed by atoms with E-state index in [0.29, 0.717) is 24.0 Å². The number of carbonyl (C=O) groups is 2. The van der Waals surface area contributed by atoms with Gasteiger partial charge in [-0.25, -0.2) is 13.8 Å². The Morgan fingerprint density at radius 2 is 1.66 bits per heavy atom. The van der Waals surface area contributed by atoms with Crippen molar-refractivity contribution in [1.29, 1.82) is 0 Å². The van der Waals surface area contributed by atoms with E-state index < -0.39 is 17.6 Å². The van der Waals surface area contributed by atoms with Gasteiger partial charge < -0.3 is 14.8 Å². The van der Waals surface area contributed by atoms with Crippen LogP contribution in [-0.2, 0) is 11.3 Å². The molecule has 5 rings (SSSR count). The molecule has 0 amide bonds. The maximum Gasteiger partial charge on any atom is 0.303 e. The monoisotopic (exact) mass is 519 g/mol. The number of carboxylic acid groups (broad SMARTS) is 1. The highest BCUT2D eigenvalue weighted by Gasteiger charge is 2.24. The van der Waals surface area contributed by atoms with Gasteiger partial charge in [0, 0.05) is 30.9 Å². The van der Waals surface area contributed by atoms with Gasteiger partial charge in [0.05, 0.1) is 0 Å². The molecule has 8 heteroatoms. The summed E-state index contributed by atoms with van der Waals surface area (Å²) in [5.41, 5.74) is 4.82. The number of carboxylic acids is 1. The van der Waals surface area contributed by atoms with Gasteiger partial charge >= 0.3 is 5.97 Å². The Bertz CT molecular complexity index is 1370. The van der Waals surface area contributed by atoms with E-state index in [4.69, 9.17) is 5.11 Å². The summed E-state index contributed by atoms with van der Waals surface area (Å²) in [5, 5.41) is 11.6. The molecule has 1 aliphatic rings. The molecular weight excluding hydrogens is 488 g/mol. The molecule has 198 valence electrons. The van der Waals surface area contributed by atoms with Crippen LogP contribution in [0.5, 0.6) is 0 Å². The number of aliphatic carboxylic acids is 1. The second kappa shape index (κ2) is 12.6. The lowest BCUT2D eigenvalue weighted by Crippen LogP contribution is -2.16. The van der Waals surface area contributed by atoms with Crippen molar-refractivity contribution >= 4 is 17.9 Å². The molecule has 0 bridgehead atoms. The number of imidazole rings is 1. The van der Waals surface area contributed by atoms with Crippen LogP contribution in [0.15, 0.2) is 67.0 Å². The number of nitrogens with one attached hydrogen (secondary N) is 1. The van der Waals surface area contributed by atoms with Crippen LogP contribution in [0, 0.1) is 17.6 Å². The molecule has 0 saturated heterocycles. The number of carbonyl (C=O) groups excluding carboxylic acids is 1.